The van der Waals surface area contributed by atoms with Gasteiger partial charge in [0.15, 0.2) is 0 Å². The maximum Gasteiger partial charge on any atom is 0.0733 e. The fourth-order valence-corrected chi connectivity index (χ4v) is 0.844. The molecule has 0 aliphatic heterocycles. The minimum atomic E-state index is -1.17. The van der Waals surface area contributed by atoms with Gasteiger partial charge in [-0.2, -0.15) is 0 Å². The average Bonchev–Trinajstić information content (AvgIpc) is 1.94. The van der Waals surface area contributed by atoms with Crippen LogP contribution in [0.2, 0.25) is 0 Å². The lowest BCUT2D eigenvalue weighted by atomic mass is 10.1. The van der Waals surface area contributed by atoms with E-state index in [1.54, 1.807) is 26.1 Å². The van der Waals surface area contributed by atoms with Gasteiger partial charge >= 0.3 is 0 Å². The van der Waals surface area contributed by atoms with Crippen molar-refractivity contribution in [1.29, 1.82) is 0 Å². The summed E-state index contributed by atoms with van der Waals surface area (Å²) in [5, 5.41) is 10.4. The molecule has 0 fully saturated rings. The number of carbonyl (C=O) groups excluding carboxylic acids is 1. The van der Waals surface area contributed by atoms with Gasteiger partial charge in [0.2, 0.25) is 0 Å². The van der Waals surface area contributed by atoms with Crippen molar-refractivity contribution in [2.75, 3.05) is 0 Å². The van der Waals surface area contributed by atoms with Crippen LogP contribution < -0.4 is 5.11 Å². The van der Waals surface area contributed by atoms with Crippen molar-refractivity contribution >= 4 is 5.97 Å². The molecule has 0 radical (unpaired) electrons. The molecule has 0 N–H and O–H groups in total. The molecule has 0 aliphatic carbocycles. The summed E-state index contributed by atoms with van der Waals surface area (Å²) in [5.74, 6) is -1.17. The summed E-state index contributed by atoms with van der Waals surface area (Å²) >= 11 is 0. The van der Waals surface area contributed by atoms with Crippen LogP contribution >= 0.6 is 0 Å². The van der Waals surface area contributed by atoms with E-state index in [1.165, 1.54) is 0 Å². The number of carboxylic acids is 1. The van der Waals surface area contributed by atoms with Crippen molar-refractivity contribution in [3.8, 4) is 0 Å². The van der Waals surface area contributed by atoms with Crippen molar-refractivity contribution in [3.63, 3.8) is 0 Å². The van der Waals surface area contributed by atoms with E-state index in [9.17, 15) is 9.90 Å². The van der Waals surface area contributed by atoms with E-state index in [0.29, 0.717) is 5.69 Å². The molecule has 3 nitrogen and oxygen atoms in total. The fraction of sp³-hybridized carbons (Fsp3) is 0.250. The Morgan fingerprint density at radius 3 is 2.64 bits per heavy atom. The lowest BCUT2D eigenvalue weighted by molar-refractivity contribution is -0.255. The molecular formula is C8H8NO2-. The van der Waals surface area contributed by atoms with Crippen molar-refractivity contribution in [3.05, 3.63) is 29.1 Å². The topological polar surface area (TPSA) is 53.0 Å². The fourth-order valence-electron chi connectivity index (χ4n) is 0.844. The highest BCUT2D eigenvalue weighted by atomic mass is 16.4. The number of rotatable bonds is 1. The van der Waals surface area contributed by atoms with Crippen LogP contribution in [0.25, 0.3) is 0 Å². The van der Waals surface area contributed by atoms with Gasteiger partial charge in [0.25, 0.3) is 0 Å². The van der Waals surface area contributed by atoms with Crippen LogP contribution in [0.15, 0.2) is 12.3 Å². The molecule has 0 saturated carbocycles. The third-order valence-corrected chi connectivity index (χ3v) is 1.44. The maximum atomic E-state index is 10.4. The van der Waals surface area contributed by atoms with Crippen LogP contribution in [0, 0.1) is 13.8 Å². The first kappa shape index (κ1) is 7.72. The molecule has 0 spiro atoms. The van der Waals surface area contributed by atoms with E-state index >= 15 is 0 Å². The summed E-state index contributed by atoms with van der Waals surface area (Å²) in [6.45, 7) is 3.43. The molecule has 3 heteroatoms. The predicted octanol–water partition coefficient (Wildman–Crippen LogP) is 0.0619. The Balaban J connectivity index is 3.23. The van der Waals surface area contributed by atoms with Crippen LogP contribution in [0.1, 0.15) is 21.6 Å². The molecular weight excluding hydrogens is 142 g/mol. The van der Waals surface area contributed by atoms with Gasteiger partial charge in [-0.3, -0.25) is 4.98 Å². The van der Waals surface area contributed by atoms with Gasteiger partial charge in [-0.05, 0) is 25.5 Å². The monoisotopic (exact) mass is 150 g/mol. The Morgan fingerprint density at radius 1 is 1.55 bits per heavy atom. The van der Waals surface area contributed by atoms with E-state index < -0.39 is 5.97 Å². The first-order valence-corrected chi connectivity index (χ1v) is 3.26. The molecule has 11 heavy (non-hydrogen) atoms. The number of hydrogen-bond acceptors (Lipinski definition) is 3. The predicted molar refractivity (Wildman–Crippen MR) is 38.0 cm³/mol. The Bertz CT molecular complexity index is 294. The zero-order valence-electron chi connectivity index (χ0n) is 6.42. The molecule has 0 bridgehead atoms. The van der Waals surface area contributed by atoms with Gasteiger partial charge in [0.1, 0.15) is 0 Å². The summed E-state index contributed by atoms with van der Waals surface area (Å²) in [6.07, 6.45) is 1.63. The number of nitrogens with zero attached hydrogens (tertiary/aromatic N) is 1. The molecule has 0 aromatic carbocycles. The van der Waals surface area contributed by atoms with Crippen LogP contribution in [-0.2, 0) is 0 Å². The van der Waals surface area contributed by atoms with Crippen molar-refractivity contribution in [2.24, 2.45) is 0 Å². The minimum Gasteiger partial charge on any atom is -0.545 e. The van der Waals surface area contributed by atoms with E-state index in [0.717, 1.165) is 5.56 Å². The van der Waals surface area contributed by atoms with E-state index in [1.807, 2.05) is 0 Å². The van der Waals surface area contributed by atoms with Gasteiger partial charge in [-0.25, -0.2) is 0 Å². The zero-order valence-corrected chi connectivity index (χ0v) is 6.42. The minimum absolute atomic E-state index is 0.171. The largest absolute Gasteiger partial charge is 0.545 e. The van der Waals surface area contributed by atoms with Crippen LogP contribution in [0.4, 0.5) is 0 Å². The second kappa shape index (κ2) is 2.70. The summed E-state index contributed by atoms with van der Waals surface area (Å²) in [7, 11) is 0. The third-order valence-electron chi connectivity index (χ3n) is 1.44. The summed E-state index contributed by atoms with van der Waals surface area (Å²) in [4.78, 5) is 14.3. The van der Waals surface area contributed by atoms with Gasteiger partial charge < -0.3 is 9.90 Å². The Kier molecular flexibility index (Phi) is 1.89. The van der Waals surface area contributed by atoms with Crippen molar-refractivity contribution in [1.82, 2.24) is 4.98 Å². The van der Waals surface area contributed by atoms with Gasteiger partial charge in [-0.1, -0.05) is 0 Å². The highest BCUT2D eigenvalue weighted by Crippen LogP contribution is 2.05. The van der Waals surface area contributed by atoms with Gasteiger partial charge in [-0.15, -0.1) is 0 Å². The number of carboxylic acid groups (broad SMARTS) is 1. The molecule has 0 aliphatic rings. The zero-order chi connectivity index (χ0) is 8.43. The standard InChI is InChI=1S/C8H9NO2/c1-5-3-7(8(10)11)6(2)9-4-5/h3-4H,1-2H3,(H,10,11)/p-1. The molecule has 1 aromatic heterocycles. The molecule has 1 aromatic rings. The van der Waals surface area contributed by atoms with Crippen molar-refractivity contribution in [2.45, 2.75) is 13.8 Å². The normalized spacial score (nSPS) is 9.64. The molecule has 0 unspecified atom stereocenters. The molecule has 58 valence electrons. The highest BCUT2D eigenvalue weighted by Gasteiger charge is 1.99. The van der Waals surface area contributed by atoms with E-state index in [-0.39, 0.29) is 5.56 Å². The molecule has 0 atom stereocenters. The lowest BCUT2D eigenvalue weighted by Crippen LogP contribution is -2.23. The van der Waals surface area contributed by atoms with Crippen LogP contribution in [0.3, 0.4) is 0 Å². The summed E-state index contributed by atoms with van der Waals surface area (Å²) < 4.78 is 0. The second-order valence-electron chi connectivity index (χ2n) is 2.43. The number of pyridine rings is 1. The number of aromatic carboxylic acids is 1. The summed E-state index contributed by atoms with van der Waals surface area (Å²) in [5.41, 5.74) is 1.50. The van der Waals surface area contributed by atoms with E-state index in [2.05, 4.69) is 4.98 Å². The average molecular weight is 150 g/mol. The highest BCUT2D eigenvalue weighted by molar-refractivity contribution is 5.87. The van der Waals surface area contributed by atoms with Crippen LogP contribution in [0.5, 0.6) is 0 Å². The summed E-state index contributed by atoms with van der Waals surface area (Å²) in [6, 6.07) is 1.55. The number of aryl methyl sites for hydroxylation is 2. The van der Waals surface area contributed by atoms with Gasteiger partial charge in [0, 0.05) is 17.5 Å². The Hall–Kier alpha value is -1.38. The van der Waals surface area contributed by atoms with Gasteiger partial charge in [0.05, 0.1) is 5.97 Å². The first-order valence-electron chi connectivity index (χ1n) is 3.26. The SMILES string of the molecule is Cc1cnc(C)c(C(=O)[O-])c1. The third kappa shape index (κ3) is 1.55. The molecule has 0 saturated heterocycles. The second-order valence-corrected chi connectivity index (χ2v) is 2.43. The smallest absolute Gasteiger partial charge is 0.0733 e. The molecule has 1 rings (SSSR count). The quantitative estimate of drug-likeness (QED) is 0.569. The van der Waals surface area contributed by atoms with Crippen LogP contribution in [-0.4, -0.2) is 11.0 Å². The molecule has 1 heterocycles. The van der Waals surface area contributed by atoms with E-state index in [4.69, 9.17) is 0 Å². The molecule has 0 amide bonds. The Labute approximate surface area is 64.7 Å². The number of carbonyl (C=O) groups is 1. The number of hydrogen-bond donors (Lipinski definition) is 0. The Morgan fingerprint density at radius 2 is 2.18 bits per heavy atom. The van der Waals surface area contributed by atoms with Crippen molar-refractivity contribution < 1.29 is 9.90 Å². The first-order chi connectivity index (χ1) is 5.11. The number of aromatic nitrogens is 1. The lowest BCUT2D eigenvalue weighted by Gasteiger charge is -2.05. The maximum absolute atomic E-state index is 10.4.